The van der Waals surface area contributed by atoms with E-state index in [9.17, 15) is 22.8 Å². The molecule has 1 amide bonds. The molecule has 140 valence electrons. The fraction of sp³-hybridized carbons (Fsp3) is 0.312. The van der Waals surface area contributed by atoms with Gasteiger partial charge in [0.1, 0.15) is 5.82 Å². The molecule has 0 aliphatic rings. The quantitative estimate of drug-likeness (QED) is 0.602. The number of thioether (sulfide) groups is 1. The van der Waals surface area contributed by atoms with Crippen LogP contribution in [0.5, 0.6) is 0 Å². The average Bonchev–Trinajstić information content (AvgIpc) is 3.00. The number of aromatic nitrogens is 2. The number of hydrogen-bond acceptors (Lipinski definition) is 5. The second-order valence-corrected chi connectivity index (χ2v) is 6.59. The Morgan fingerprint density at radius 1 is 1.23 bits per heavy atom. The van der Waals surface area contributed by atoms with Gasteiger partial charge in [0.2, 0.25) is 0 Å². The fourth-order valence-corrected chi connectivity index (χ4v) is 2.55. The molecule has 1 N–H and O–H groups in total. The maximum atomic E-state index is 12.3. The van der Waals surface area contributed by atoms with Crippen molar-refractivity contribution < 1.29 is 27.5 Å². The number of ether oxygens (including phenoxy) is 1. The first-order valence-electron chi connectivity index (χ1n) is 7.52. The predicted octanol–water partition coefficient (Wildman–Crippen LogP) is 3.87. The van der Waals surface area contributed by atoms with Crippen LogP contribution in [0.4, 0.5) is 19.0 Å². The van der Waals surface area contributed by atoms with Gasteiger partial charge in [-0.3, -0.25) is 4.79 Å². The smallest absolute Gasteiger partial charge is 0.446 e. The molecule has 1 heterocycles. The highest BCUT2D eigenvalue weighted by molar-refractivity contribution is 8.00. The first-order chi connectivity index (χ1) is 12.2. The minimum Gasteiger partial charge on any atom is -0.452 e. The van der Waals surface area contributed by atoms with E-state index in [2.05, 4.69) is 10.4 Å². The Balaban J connectivity index is 1.88. The number of alkyl halides is 3. The number of esters is 1. The zero-order valence-corrected chi connectivity index (χ0v) is 14.7. The fourth-order valence-electron chi connectivity index (χ4n) is 2.01. The Morgan fingerprint density at radius 3 is 2.46 bits per heavy atom. The minimum atomic E-state index is -4.40. The molecular formula is C16H16F3N3O3S. The van der Waals surface area contributed by atoms with Crippen molar-refractivity contribution in [2.24, 2.45) is 0 Å². The standard InChI is InChI=1S/C16H16F3N3O3S/c1-10(2)22-13(7-8-20-22)21-14(23)9-25-15(24)11-3-5-12(6-4-11)26-16(17,18)19/h3-8,10H,9H2,1-2H3,(H,21,23). The summed E-state index contributed by atoms with van der Waals surface area (Å²) in [5, 5.41) is 6.63. The Hall–Kier alpha value is -2.49. The van der Waals surface area contributed by atoms with Crippen molar-refractivity contribution in [1.29, 1.82) is 0 Å². The summed E-state index contributed by atoms with van der Waals surface area (Å²) in [4.78, 5) is 23.7. The molecule has 0 unspecified atom stereocenters. The van der Waals surface area contributed by atoms with Crippen molar-refractivity contribution in [2.45, 2.75) is 30.3 Å². The molecule has 0 saturated heterocycles. The molecule has 2 aromatic rings. The summed E-state index contributed by atoms with van der Waals surface area (Å²) < 4.78 is 43.3. The number of nitrogens with zero attached hydrogens (tertiary/aromatic N) is 2. The van der Waals surface area contributed by atoms with Crippen LogP contribution in [0.3, 0.4) is 0 Å². The molecule has 0 aliphatic heterocycles. The van der Waals surface area contributed by atoms with Crippen molar-refractivity contribution >= 4 is 29.5 Å². The van der Waals surface area contributed by atoms with Gasteiger partial charge in [0, 0.05) is 17.0 Å². The monoisotopic (exact) mass is 387 g/mol. The molecular weight excluding hydrogens is 371 g/mol. The lowest BCUT2D eigenvalue weighted by Gasteiger charge is -2.12. The lowest BCUT2D eigenvalue weighted by molar-refractivity contribution is -0.119. The number of anilines is 1. The van der Waals surface area contributed by atoms with Crippen LogP contribution in [0.15, 0.2) is 41.4 Å². The maximum Gasteiger partial charge on any atom is 0.446 e. The summed E-state index contributed by atoms with van der Waals surface area (Å²) in [6.07, 6.45) is 1.53. The Labute approximate surface area is 151 Å². The van der Waals surface area contributed by atoms with Crippen LogP contribution < -0.4 is 5.32 Å². The molecule has 26 heavy (non-hydrogen) atoms. The minimum absolute atomic E-state index is 0.0379. The average molecular weight is 387 g/mol. The Bertz CT molecular complexity index is 773. The number of benzene rings is 1. The summed E-state index contributed by atoms with van der Waals surface area (Å²) in [5.41, 5.74) is -4.35. The number of carbonyl (C=O) groups excluding carboxylic acids is 2. The second kappa shape index (κ2) is 8.26. The molecule has 10 heteroatoms. The zero-order chi connectivity index (χ0) is 19.3. The molecule has 0 fully saturated rings. The molecule has 0 aliphatic carbocycles. The van der Waals surface area contributed by atoms with E-state index in [1.54, 1.807) is 10.7 Å². The third-order valence-electron chi connectivity index (χ3n) is 3.08. The molecule has 1 aromatic carbocycles. The van der Waals surface area contributed by atoms with Crippen LogP contribution in [0.25, 0.3) is 0 Å². The summed E-state index contributed by atoms with van der Waals surface area (Å²) in [6.45, 7) is 3.26. The molecule has 0 radical (unpaired) electrons. The second-order valence-electron chi connectivity index (χ2n) is 5.45. The summed E-state index contributed by atoms with van der Waals surface area (Å²) in [7, 11) is 0. The number of halogens is 3. The predicted molar refractivity (Wildman–Crippen MR) is 89.9 cm³/mol. The number of hydrogen-bond donors (Lipinski definition) is 1. The van der Waals surface area contributed by atoms with Crippen molar-refractivity contribution in [3.8, 4) is 0 Å². The van der Waals surface area contributed by atoms with Crippen LogP contribution >= 0.6 is 11.8 Å². The van der Waals surface area contributed by atoms with Gasteiger partial charge >= 0.3 is 11.5 Å². The highest BCUT2D eigenvalue weighted by Crippen LogP contribution is 2.36. The third kappa shape index (κ3) is 5.80. The largest absolute Gasteiger partial charge is 0.452 e. The Kier molecular flexibility index (Phi) is 6.30. The van der Waals surface area contributed by atoms with Gasteiger partial charge in [0.15, 0.2) is 6.61 Å². The van der Waals surface area contributed by atoms with Gasteiger partial charge in [0.25, 0.3) is 5.91 Å². The molecule has 0 saturated carbocycles. The normalized spacial score (nSPS) is 11.5. The lowest BCUT2D eigenvalue weighted by Crippen LogP contribution is -2.23. The van der Waals surface area contributed by atoms with Gasteiger partial charge in [-0.15, -0.1) is 0 Å². The molecule has 0 spiro atoms. The number of amides is 1. The Morgan fingerprint density at radius 2 is 1.88 bits per heavy atom. The van der Waals surface area contributed by atoms with Crippen LogP contribution in [-0.2, 0) is 9.53 Å². The highest BCUT2D eigenvalue weighted by Gasteiger charge is 2.29. The van der Waals surface area contributed by atoms with Crippen molar-refractivity contribution in [1.82, 2.24) is 9.78 Å². The molecule has 1 aromatic heterocycles. The van der Waals surface area contributed by atoms with Gasteiger partial charge in [-0.1, -0.05) is 0 Å². The van der Waals surface area contributed by atoms with Gasteiger partial charge in [-0.05, 0) is 49.9 Å². The first kappa shape index (κ1) is 19.8. The molecule has 0 atom stereocenters. The van der Waals surface area contributed by atoms with E-state index < -0.39 is 24.0 Å². The SMILES string of the molecule is CC(C)n1nccc1NC(=O)COC(=O)c1ccc(SC(F)(F)F)cc1. The van der Waals surface area contributed by atoms with Gasteiger partial charge < -0.3 is 10.1 Å². The van der Waals surface area contributed by atoms with E-state index in [4.69, 9.17) is 4.74 Å². The van der Waals surface area contributed by atoms with Gasteiger partial charge in [-0.2, -0.15) is 18.3 Å². The van der Waals surface area contributed by atoms with Crippen LogP contribution in [-0.4, -0.2) is 33.8 Å². The summed E-state index contributed by atoms with van der Waals surface area (Å²) in [6, 6.07) is 6.39. The zero-order valence-electron chi connectivity index (χ0n) is 13.9. The van der Waals surface area contributed by atoms with E-state index in [1.165, 1.54) is 18.3 Å². The number of carbonyl (C=O) groups is 2. The molecule has 0 bridgehead atoms. The summed E-state index contributed by atoms with van der Waals surface area (Å²) >= 11 is -0.279. The van der Waals surface area contributed by atoms with E-state index >= 15 is 0 Å². The molecule has 2 rings (SSSR count). The number of rotatable bonds is 6. The van der Waals surface area contributed by atoms with Crippen molar-refractivity contribution in [3.05, 3.63) is 42.1 Å². The maximum absolute atomic E-state index is 12.3. The van der Waals surface area contributed by atoms with E-state index in [0.717, 1.165) is 12.1 Å². The van der Waals surface area contributed by atoms with E-state index in [-0.39, 0.29) is 28.3 Å². The van der Waals surface area contributed by atoms with Gasteiger partial charge in [-0.25, -0.2) is 9.48 Å². The van der Waals surface area contributed by atoms with Crippen LogP contribution in [0.1, 0.15) is 30.2 Å². The van der Waals surface area contributed by atoms with Crippen LogP contribution in [0, 0.1) is 0 Å². The van der Waals surface area contributed by atoms with Crippen LogP contribution in [0.2, 0.25) is 0 Å². The van der Waals surface area contributed by atoms with E-state index in [0.29, 0.717) is 5.82 Å². The van der Waals surface area contributed by atoms with E-state index in [1.807, 2.05) is 13.8 Å². The highest BCUT2D eigenvalue weighted by atomic mass is 32.2. The summed E-state index contributed by atoms with van der Waals surface area (Å²) in [5.74, 6) is -0.888. The number of nitrogens with one attached hydrogen (secondary N) is 1. The third-order valence-corrected chi connectivity index (χ3v) is 3.82. The topological polar surface area (TPSA) is 73.2 Å². The lowest BCUT2D eigenvalue weighted by atomic mass is 10.2. The first-order valence-corrected chi connectivity index (χ1v) is 8.33. The van der Waals surface area contributed by atoms with Crippen molar-refractivity contribution in [3.63, 3.8) is 0 Å². The van der Waals surface area contributed by atoms with Crippen molar-refractivity contribution in [2.75, 3.05) is 11.9 Å². The van der Waals surface area contributed by atoms with Gasteiger partial charge in [0.05, 0.1) is 11.8 Å². The molecule has 6 nitrogen and oxygen atoms in total.